The zero-order valence-corrected chi connectivity index (χ0v) is 34.0. The van der Waals surface area contributed by atoms with Crippen molar-refractivity contribution in [2.45, 2.75) is 83.4 Å². The smallest absolute Gasteiger partial charge is 0.408 e. The van der Waals surface area contributed by atoms with Gasteiger partial charge in [-0.1, -0.05) is 0 Å². The van der Waals surface area contributed by atoms with E-state index in [0.29, 0.717) is 29.8 Å². The van der Waals surface area contributed by atoms with Gasteiger partial charge in [0.1, 0.15) is 46.7 Å². The Morgan fingerprint density at radius 1 is 1.05 bits per heavy atom. The van der Waals surface area contributed by atoms with Crippen molar-refractivity contribution in [1.29, 1.82) is 0 Å². The number of nitrogens with two attached hydrogens (primary N) is 1. The van der Waals surface area contributed by atoms with Crippen LogP contribution in [0.2, 0.25) is 0 Å². The lowest BCUT2D eigenvalue weighted by atomic mass is 10.1. The van der Waals surface area contributed by atoms with Crippen LogP contribution in [0, 0.1) is 11.6 Å². The van der Waals surface area contributed by atoms with Crippen LogP contribution < -0.4 is 31.2 Å². The molecule has 314 valence electrons. The molecule has 58 heavy (non-hydrogen) atoms. The fraction of sp³-hybridized carbons (Fsp3) is 0.447. The van der Waals surface area contributed by atoms with Crippen molar-refractivity contribution in [3.63, 3.8) is 0 Å². The molecule has 0 radical (unpaired) electrons. The van der Waals surface area contributed by atoms with Crippen LogP contribution in [0.5, 0.6) is 11.5 Å². The van der Waals surface area contributed by atoms with Crippen LogP contribution in [0.15, 0.2) is 47.0 Å². The maximum Gasteiger partial charge on any atom is 0.408 e. The summed E-state index contributed by atoms with van der Waals surface area (Å²) in [7, 11) is -2.12. The predicted molar refractivity (Wildman–Crippen MR) is 209 cm³/mol. The zero-order valence-electron chi connectivity index (χ0n) is 33.2. The molecule has 3 aromatic rings. The van der Waals surface area contributed by atoms with E-state index in [-0.39, 0.29) is 41.9 Å². The SMILES string of the molecule is C[C@H](NC(=O)OC(C)(C)C)C(=O)N(C)[C@@H](C)C(=O)N[C@@H](CC(N)=O)C(=O)N=[S@@](C)(=O)Cc1cc2cc(c1)OCCCCOc1cc(F)ccc1-c1nc(ncc1F)N2. The number of ether oxygens (including phenoxy) is 3. The van der Waals surface area contributed by atoms with Crippen LogP contribution in [0.25, 0.3) is 11.3 Å². The summed E-state index contributed by atoms with van der Waals surface area (Å²) in [5.41, 5.74) is 5.37. The van der Waals surface area contributed by atoms with E-state index in [4.69, 9.17) is 19.9 Å². The summed E-state index contributed by atoms with van der Waals surface area (Å²) in [6, 6.07) is 4.53. The minimum absolute atomic E-state index is 0.0397. The van der Waals surface area contributed by atoms with Gasteiger partial charge in [-0.2, -0.15) is 4.36 Å². The minimum Gasteiger partial charge on any atom is -0.494 e. The molecule has 0 spiro atoms. The summed E-state index contributed by atoms with van der Waals surface area (Å²) in [5, 5.41) is 7.75. The lowest BCUT2D eigenvalue weighted by Crippen LogP contribution is -2.55. The van der Waals surface area contributed by atoms with E-state index in [0.717, 1.165) is 23.2 Å². The van der Waals surface area contributed by atoms with E-state index in [1.807, 2.05) is 0 Å². The molecule has 0 saturated heterocycles. The first-order chi connectivity index (χ1) is 27.1. The Bertz CT molecular complexity index is 2180. The van der Waals surface area contributed by atoms with E-state index >= 15 is 4.39 Å². The number of anilines is 2. The van der Waals surface area contributed by atoms with E-state index in [2.05, 4.69) is 30.3 Å². The van der Waals surface area contributed by atoms with Gasteiger partial charge >= 0.3 is 6.09 Å². The first-order valence-electron chi connectivity index (χ1n) is 18.2. The average molecular weight is 831 g/mol. The Labute approximate surface area is 335 Å². The topological polar surface area (TPSA) is 234 Å². The molecule has 2 heterocycles. The second-order valence-corrected chi connectivity index (χ2v) is 17.1. The molecule has 1 aromatic heterocycles. The highest BCUT2D eigenvalue weighted by molar-refractivity contribution is 7.92. The summed E-state index contributed by atoms with van der Waals surface area (Å²) in [6.07, 6.45) is 1.65. The molecule has 4 bridgehead atoms. The van der Waals surface area contributed by atoms with Crippen LogP contribution in [0.1, 0.15) is 59.4 Å². The molecular formula is C38H48F2N8O9S. The zero-order chi connectivity index (χ0) is 42.9. The van der Waals surface area contributed by atoms with Gasteiger partial charge in [-0.25, -0.2) is 27.8 Å². The summed E-state index contributed by atoms with van der Waals surface area (Å²) < 4.78 is 63.8. The molecule has 0 fully saturated rings. The number of amides is 5. The molecular weight excluding hydrogens is 783 g/mol. The van der Waals surface area contributed by atoms with Crippen molar-refractivity contribution in [2.75, 3.05) is 31.8 Å². The largest absolute Gasteiger partial charge is 0.494 e. The van der Waals surface area contributed by atoms with E-state index in [1.165, 1.54) is 33.2 Å². The number of likely N-dealkylation sites (N-methyl/N-ethyl adjacent to an activating group) is 1. The maximum atomic E-state index is 15.0. The van der Waals surface area contributed by atoms with Gasteiger partial charge in [-0.15, -0.1) is 0 Å². The lowest BCUT2D eigenvalue weighted by molar-refractivity contribution is -0.140. The molecule has 1 aliphatic heterocycles. The van der Waals surface area contributed by atoms with Gasteiger partial charge in [0.05, 0.1) is 41.3 Å². The highest BCUT2D eigenvalue weighted by Gasteiger charge is 2.32. The quantitative estimate of drug-likeness (QED) is 0.227. The molecule has 0 saturated carbocycles. The Morgan fingerprint density at radius 2 is 1.74 bits per heavy atom. The second kappa shape index (κ2) is 19.0. The van der Waals surface area contributed by atoms with Gasteiger partial charge in [0.25, 0.3) is 5.91 Å². The number of halogens is 2. The Balaban J connectivity index is 1.55. The number of nitrogens with one attached hydrogen (secondary N) is 3. The molecule has 2 aromatic carbocycles. The van der Waals surface area contributed by atoms with Crippen LogP contribution >= 0.6 is 0 Å². The summed E-state index contributed by atoms with van der Waals surface area (Å²) in [5.74, 6) is -4.83. The summed E-state index contributed by atoms with van der Waals surface area (Å²) in [4.78, 5) is 73.2. The van der Waals surface area contributed by atoms with Crippen molar-refractivity contribution in [3.05, 3.63) is 59.8 Å². The minimum atomic E-state index is -3.42. The number of carbonyl (C=O) groups is 5. The van der Waals surface area contributed by atoms with Gasteiger partial charge in [0.2, 0.25) is 23.7 Å². The van der Waals surface area contributed by atoms with Gasteiger partial charge in [0.15, 0.2) is 5.82 Å². The van der Waals surface area contributed by atoms with Gasteiger partial charge < -0.3 is 40.8 Å². The number of carbonyl (C=O) groups excluding carboxylic acids is 5. The Morgan fingerprint density at radius 3 is 2.41 bits per heavy atom. The Kier molecular flexibility index (Phi) is 14.7. The molecule has 0 aliphatic carbocycles. The van der Waals surface area contributed by atoms with Crippen molar-refractivity contribution >= 4 is 51.1 Å². The molecule has 1 aliphatic rings. The van der Waals surface area contributed by atoms with E-state index in [1.54, 1.807) is 39.0 Å². The highest BCUT2D eigenvalue weighted by atomic mass is 32.2. The standard InChI is InChI=1S/C38H48F2N8O9S/c1-21(43-37(53)57-38(3,4)5)35(52)48(6)22(2)33(50)45-29(18-31(41)49)34(51)47-58(7,54)20-23-14-25-17-26(15-23)55-12-8-9-13-56-30-16-24(39)10-11-27(30)32-28(40)19-42-36(44-25)46-32/h10-11,14-17,19,21-22,29H,8-9,12-13,18,20H2,1-7H3,(H2,41,49)(H,43,53)(H,45,50)(H,42,44,46)/t21-,22-,29-,58-/m0/s1. The number of alkyl carbamates (subject to hydrolysis) is 1. The van der Waals surface area contributed by atoms with E-state index < -0.39 is 81.2 Å². The number of rotatable bonds is 10. The number of nitrogens with zero attached hydrogens (tertiary/aromatic N) is 4. The van der Waals surface area contributed by atoms with E-state index in [9.17, 15) is 32.6 Å². The lowest BCUT2D eigenvalue weighted by Gasteiger charge is -2.28. The number of hydrogen-bond donors (Lipinski definition) is 4. The third-order valence-corrected chi connectivity index (χ3v) is 9.81. The van der Waals surface area contributed by atoms with Crippen LogP contribution in [0.4, 0.5) is 25.2 Å². The van der Waals surface area contributed by atoms with Gasteiger partial charge in [0, 0.05) is 36.7 Å². The molecule has 5 N–H and O–H groups in total. The number of hydrogen-bond acceptors (Lipinski definition) is 12. The maximum absolute atomic E-state index is 15.0. The molecule has 17 nitrogen and oxygen atoms in total. The summed E-state index contributed by atoms with van der Waals surface area (Å²) >= 11 is 0. The monoisotopic (exact) mass is 830 g/mol. The van der Waals surface area contributed by atoms with Crippen molar-refractivity contribution < 1.29 is 51.2 Å². The number of aromatic nitrogens is 2. The van der Waals surface area contributed by atoms with Crippen LogP contribution in [-0.2, 0) is 39.4 Å². The molecule has 0 unspecified atom stereocenters. The van der Waals surface area contributed by atoms with Crippen LogP contribution in [0.3, 0.4) is 0 Å². The molecule has 5 amide bonds. The fourth-order valence-electron chi connectivity index (χ4n) is 5.54. The van der Waals surface area contributed by atoms with Gasteiger partial charge in [-0.05, 0) is 77.3 Å². The van der Waals surface area contributed by atoms with Crippen molar-refractivity contribution in [1.82, 2.24) is 25.5 Å². The number of primary amides is 1. The average Bonchev–Trinajstić information content (AvgIpc) is 3.11. The normalized spacial score (nSPS) is 15.3. The number of benzene rings is 2. The first-order valence-corrected chi connectivity index (χ1v) is 20.3. The summed E-state index contributed by atoms with van der Waals surface area (Å²) in [6.45, 7) is 8.13. The molecule has 20 heteroatoms. The Hall–Kier alpha value is -5.92. The third kappa shape index (κ3) is 13.1. The molecule has 4 rings (SSSR count). The van der Waals surface area contributed by atoms with Gasteiger partial charge in [-0.3, -0.25) is 19.2 Å². The molecule has 4 atom stereocenters. The fourth-order valence-corrected chi connectivity index (χ4v) is 6.90. The second-order valence-electron chi connectivity index (χ2n) is 14.7. The van der Waals surface area contributed by atoms with Crippen molar-refractivity contribution in [3.8, 4) is 22.8 Å². The first kappa shape index (κ1) is 44.8. The highest BCUT2D eigenvalue weighted by Crippen LogP contribution is 2.33. The van der Waals surface area contributed by atoms with Crippen LogP contribution in [-0.4, -0.2) is 99.0 Å². The van der Waals surface area contributed by atoms with Crippen molar-refractivity contribution in [2.24, 2.45) is 10.1 Å². The third-order valence-electron chi connectivity index (χ3n) is 8.38. The number of fused-ring (bicyclic) bond motifs is 6. The predicted octanol–water partition coefficient (Wildman–Crippen LogP) is 3.96.